The van der Waals surface area contributed by atoms with Gasteiger partial charge in [0.25, 0.3) is 5.91 Å². The number of halogens is 2. The Morgan fingerprint density at radius 1 is 1.00 bits per heavy atom. The lowest BCUT2D eigenvalue weighted by Crippen LogP contribution is -2.55. The number of carbonyl (C=O) groups is 1. The summed E-state index contributed by atoms with van der Waals surface area (Å²) in [5.74, 6) is -0.569. The second-order valence-corrected chi connectivity index (χ2v) is 9.47. The minimum absolute atomic E-state index is 0.181. The number of aliphatic imine (C=N–C) groups is 1. The van der Waals surface area contributed by atoms with Crippen molar-refractivity contribution in [2.24, 2.45) is 4.99 Å². The molecule has 4 aromatic rings. The van der Waals surface area contributed by atoms with E-state index in [1.807, 2.05) is 17.0 Å². The zero-order valence-electron chi connectivity index (χ0n) is 22.6. The van der Waals surface area contributed by atoms with Crippen molar-refractivity contribution in [2.75, 3.05) is 45.3 Å². The van der Waals surface area contributed by atoms with Crippen LogP contribution in [-0.4, -0.2) is 73.8 Å². The van der Waals surface area contributed by atoms with Crippen molar-refractivity contribution in [3.8, 4) is 22.6 Å². The monoisotopic (exact) mass is 561 g/mol. The molecule has 1 fully saturated rings. The van der Waals surface area contributed by atoms with Crippen LogP contribution in [-0.2, 0) is 0 Å². The third-order valence-electron chi connectivity index (χ3n) is 7.07. The fourth-order valence-corrected chi connectivity index (χ4v) is 4.89. The van der Waals surface area contributed by atoms with Crippen LogP contribution in [0.3, 0.4) is 0 Å². The number of nitrogens with zero attached hydrogens (tertiary/aromatic N) is 4. The van der Waals surface area contributed by atoms with Gasteiger partial charge in [0.2, 0.25) is 0 Å². The summed E-state index contributed by atoms with van der Waals surface area (Å²) in [6.07, 6.45) is 2.39. The topological polar surface area (TPSA) is 99.5 Å². The quantitative estimate of drug-likeness (QED) is 0.239. The van der Waals surface area contributed by atoms with E-state index in [1.54, 1.807) is 36.5 Å². The van der Waals surface area contributed by atoms with E-state index in [-0.39, 0.29) is 5.56 Å². The number of amides is 1. The minimum atomic E-state index is -0.675. The van der Waals surface area contributed by atoms with E-state index in [1.165, 1.54) is 26.5 Å². The van der Waals surface area contributed by atoms with Crippen LogP contribution in [0.25, 0.3) is 22.0 Å². The molecular weight excluding hydrogens is 532 g/mol. The molecule has 212 valence electrons. The first-order chi connectivity index (χ1) is 19.9. The molecule has 1 amide bonds. The van der Waals surface area contributed by atoms with Gasteiger partial charge in [0.05, 0.1) is 19.7 Å². The van der Waals surface area contributed by atoms with Gasteiger partial charge < -0.3 is 19.6 Å². The third kappa shape index (κ3) is 6.17. The van der Waals surface area contributed by atoms with Gasteiger partial charge in [0, 0.05) is 66.9 Å². The number of fused-ring (bicyclic) bond motifs is 1. The van der Waals surface area contributed by atoms with Crippen LogP contribution in [0.1, 0.15) is 10.4 Å². The number of benzene rings is 3. The highest BCUT2D eigenvalue weighted by Crippen LogP contribution is 2.31. The summed E-state index contributed by atoms with van der Waals surface area (Å²) in [6, 6.07) is 15.5. The summed E-state index contributed by atoms with van der Waals surface area (Å²) in [6.45, 7) is 2.41. The van der Waals surface area contributed by atoms with E-state index in [9.17, 15) is 18.8 Å². The summed E-state index contributed by atoms with van der Waals surface area (Å²) in [5.41, 5.74) is 4.88. The molecule has 5 rings (SSSR count). The van der Waals surface area contributed by atoms with Crippen molar-refractivity contribution in [3.63, 3.8) is 0 Å². The average Bonchev–Trinajstić information content (AvgIpc) is 3.01. The molecule has 2 N–H and O–H groups in total. The van der Waals surface area contributed by atoms with Crippen LogP contribution in [0, 0.1) is 11.6 Å². The fraction of sp³-hybridized carbons (Fsp3) is 0.233. The van der Waals surface area contributed by atoms with Crippen LogP contribution in [0.4, 0.5) is 14.5 Å². The molecule has 1 aromatic heterocycles. The van der Waals surface area contributed by atoms with E-state index < -0.39 is 23.7 Å². The lowest BCUT2D eigenvalue weighted by atomic mass is 10.0. The number of aromatic nitrogens is 1. The normalized spacial score (nSPS) is 14.9. The van der Waals surface area contributed by atoms with Gasteiger partial charge in [-0.1, -0.05) is 12.1 Å². The summed E-state index contributed by atoms with van der Waals surface area (Å²) in [7, 11) is 3.00. The van der Waals surface area contributed by atoms with Gasteiger partial charge in [-0.2, -0.15) is 5.48 Å². The summed E-state index contributed by atoms with van der Waals surface area (Å²) in [4.78, 5) is 25.4. The lowest BCUT2D eigenvalue weighted by molar-refractivity contribution is 0.0663. The zero-order valence-corrected chi connectivity index (χ0v) is 22.6. The van der Waals surface area contributed by atoms with E-state index in [0.29, 0.717) is 54.3 Å². The van der Waals surface area contributed by atoms with E-state index in [0.717, 1.165) is 23.2 Å². The van der Waals surface area contributed by atoms with Crippen molar-refractivity contribution in [3.05, 3.63) is 84.1 Å². The summed E-state index contributed by atoms with van der Waals surface area (Å²) < 4.78 is 38.5. The largest absolute Gasteiger partial charge is 0.497 e. The number of ether oxygens (including phenoxy) is 2. The smallest absolute Gasteiger partial charge is 0.277 e. The number of piperazine rings is 1. The highest BCUT2D eigenvalue weighted by Gasteiger charge is 2.24. The Morgan fingerprint density at radius 3 is 2.41 bits per heavy atom. The Hall–Kier alpha value is -4.45. The van der Waals surface area contributed by atoms with Crippen LogP contribution in [0.2, 0.25) is 0 Å². The van der Waals surface area contributed by atoms with Crippen LogP contribution in [0.15, 0.2) is 71.9 Å². The fourth-order valence-electron chi connectivity index (χ4n) is 4.89. The minimum Gasteiger partial charge on any atom is -0.497 e. The van der Waals surface area contributed by atoms with Crippen molar-refractivity contribution in [2.45, 2.75) is 6.17 Å². The van der Waals surface area contributed by atoms with Crippen molar-refractivity contribution in [1.82, 2.24) is 15.4 Å². The van der Waals surface area contributed by atoms with Gasteiger partial charge in [-0.15, -0.1) is 0 Å². The van der Waals surface area contributed by atoms with Gasteiger partial charge in [-0.25, -0.2) is 13.8 Å². The Kier molecular flexibility index (Phi) is 8.48. The third-order valence-corrected chi connectivity index (χ3v) is 7.07. The number of methoxy groups -OCH3 is 2. The Bertz CT molecular complexity index is 1570. The molecule has 1 aliphatic rings. The van der Waals surface area contributed by atoms with Crippen LogP contribution in [0.5, 0.6) is 11.5 Å². The molecule has 1 saturated heterocycles. The number of hydrogen-bond acceptors (Lipinski definition) is 8. The molecule has 1 unspecified atom stereocenters. The number of hydrogen-bond donors (Lipinski definition) is 2. The number of carbonyl (C=O) groups excluding carboxylic acids is 1. The SMILES string of the molecule is COc1cc(OC)cc(C(=O)N=CC(NO)N2CCN(c3ccnc4cc(-c5cc(F)ccc5F)ccc34)CC2)c1. The predicted octanol–water partition coefficient (Wildman–Crippen LogP) is 4.54. The summed E-state index contributed by atoms with van der Waals surface area (Å²) in [5, 5.41) is 10.7. The molecule has 0 bridgehead atoms. The van der Waals surface area contributed by atoms with Crippen LogP contribution >= 0.6 is 0 Å². The Morgan fingerprint density at radius 2 is 1.73 bits per heavy atom. The standard InChI is InChI=1S/C30H29F2N5O4/c1-40-22-13-20(14-23(17-22)41-2)30(38)34-18-29(35-39)37-11-9-36(10-12-37)28-7-8-33-27-15-19(3-5-24(27)28)25-16-21(31)4-6-26(25)32/h3-8,13-18,29,35,39H,9-12H2,1-2H3. The molecular formula is C30H29F2N5O4. The number of rotatable bonds is 8. The highest BCUT2D eigenvalue weighted by atomic mass is 19.1. The molecule has 3 aromatic carbocycles. The second-order valence-electron chi connectivity index (χ2n) is 9.47. The first kappa shape index (κ1) is 28.1. The second kappa shape index (κ2) is 12.4. The van der Waals surface area contributed by atoms with E-state index in [4.69, 9.17) is 9.47 Å². The van der Waals surface area contributed by atoms with Crippen molar-refractivity contribution < 1.29 is 28.3 Å². The van der Waals surface area contributed by atoms with Gasteiger partial charge in [0.1, 0.15) is 29.3 Å². The van der Waals surface area contributed by atoms with Gasteiger partial charge in [-0.05, 0) is 48.0 Å². The number of hydroxylamine groups is 1. The maximum atomic E-state index is 14.3. The molecule has 1 atom stereocenters. The average molecular weight is 562 g/mol. The molecule has 41 heavy (non-hydrogen) atoms. The lowest BCUT2D eigenvalue weighted by Gasteiger charge is -2.38. The highest BCUT2D eigenvalue weighted by molar-refractivity contribution is 6.00. The molecule has 2 heterocycles. The van der Waals surface area contributed by atoms with Gasteiger partial charge in [-0.3, -0.25) is 14.7 Å². The molecule has 0 aliphatic carbocycles. The van der Waals surface area contributed by atoms with Crippen molar-refractivity contribution in [1.29, 1.82) is 0 Å². The molecule has 0 radical (unpaired) electrons. The van der Waals surface area contributed by atoms with Gasteiger partial charge >= 0.3 is 0 Å². The molecule has 11 heteroatoms. The van der Waals surface area contributed by atoms with Crippen molar-refractivity contribution >= 4 is 28.7 Å². The maximum Gasteiger partial charge on any atom is 0.277 e. The number of pyridine rings is 1. The molecule has 1 aliphatic heterocycles. The first-order valence-electron chi connectivity index (χ1n) is 12.9. The number of anilines is 1. The molecule has 9 nitrogen and oxygen atoms in total. The van der Waals surface area contributed by atoms with Crippen LogP contribution < -0.4 is 19.9 Å². The Balaban J connectivity index is 1.28. The first-order valence-corrected chi connectivity index (χ1v) is 12.9. The van der Waals surface area contributed by atoms with Gasteiger partial charge in [0.15, 0.2) is 0 Å². The van der Waals surface area contributed by atoms with E-state index in [2.05, 4.69) is 20.4 Å². The molecule has 0 saturated carbocycles. The Labute approximate surface area is 235 Å². The molecule has 0 spiro atoms. The van der Waals surface area contributed by atoms with E-state index >= 15 is 0 Å². The zero-order chi connectivity index (χ0) is 28.9. The number of nitrogens with one attached hydrogen (secondary N) is 1. The summed E-state index contributed by atoms with van der Waals surface area (Å²) >= 11 is 0. The maximum absolute atomic E-state index is 14.3. The predicted molar refractivity (Wildman–Crippen MR) is 152 cm³/mol.